The van der Waals surface area contributed by atoms with Gasteiger partial charge in [-0.15, -0.1) is 0 Å². The van der Waals surface area contributed by atoms with Gasteiger partial charge in [-0.2, -0.15) is 0 Å². The first-order chi connectivity index (χ1) is 11.8. The van der Waals surface area contributed by atoms with Crippen molar-refractivity contribution in [2.45, 2.75) is 26.7 Å². The van der Waals surface area contributed by atoms with Crippen molar-refractivity contribution in [3.05, 3.63) is 57.3 Å². The Labute approximate surface area is 155 Å². The molecule has 0 radical (unpaired) electrons. The van der Waals surface area contributed by atoms with Crippen LogP contribution in [0.2, 0.25) is 10.0 Å². The smallest absolute Gasteiger partial charge is 0.257 e. The third-order valence-corrected chi connectivity index (χ3v) is 4.01. The van der Waals surface area contributed by atoms with E-state index in [1.165, 1.54) is 24.3 Å². The van der Waals surface area contributed by atoms with Gasteiger partial charge < -0.3 is 10.6 Å². The van der Waals surface area contributed by atoms with E-state index in [1.54, 1.807) is 13.0 Å². The van der Waals surface area contributed by atoms with Crippen LogP contribution in [0, 0.1) is 12.7 Å². The zero-order valence-corrected chi connectivity index (χ0v) is 15.3. The zero-order chi connectivity index (χ0) is 18.6. The average Bonchev–Trinajstić information content (AvgIpc) is 2.53. The van der Waals surface area contributed by atoms with Crippen LogP contribution in [0.1, 0.15) is 35.7 Å². The highest BCUT2D eigenvalue weighted by atomic mass is 35.5. The molecule has 0 spiro atoms. The van der Waals surface area contributed by atoms with Crippen LogP contribution >= 0.6 is 23.2 Å². The van der Waals surface area contributed by atoms with E-state index in [-0.39, 0.29) is 27.2 Å². The second kappa shape index (κ2) is 8.32. The molecule has 0 aliphatic carbocycles. The normalized spacial score (nSPS) is 10.4. The van der Waals surface area contributed by atoms with Crippen LogP contribution in [0.15, 0.2) is 30.3 Å². The van der Waals surface area contributed by atoms with Crippen LogP contribution in [-0.2, 0) is 4.79 Å². The molecular weight excluding hydrogens is 366 g/mol. The predicted molar refractivity (Wildman–Crippen MR) is 99.1 cm³/mol. The highest BCUT2D eigenvalue weighted by molar-refractivity contribution is 6.38. The molecule has 4 nitrogen and oxygen atoms in total. The number of nitrogens with one attached hydrogen (secondary N) is 2. The summed E-state index contributed by atoms with van der Waals surface area (Å²) in [7, 11) is 0. The lowest BCUT2D eigenvalue weighted by molar-refractivity contribution is -0.116. The van der Waals surface area contributed by atoms with Crippen molar-refractivity contribution >= 4 is 46.4 Å². The van der Waals surface area contributed by atoms with Gasteiger partial charge in [-0.25, -0.2) is 4.39 Å². The first-order valence-electron chi connectivity index (χ1n) is 7.68. The molecule has 132 valence electrons. The summed E-state index contributed by atoms with van der Waals surface area (Å²) >= 11 is 12.1. The van der Waals surface area contributed by atoms with E-state index >= 15 is 0 Å². The lowest BCUT2D eigenvalue weighted by atomic mass is 10.1. The largest absolute Gasteiger partial charge is 0.324 e. The Hall–Kier alpha value is -2.11. The Morgan fingerprint density at radius 1 is 1.12 bits per heavy atom. The van der Waals surface area contributed by atoms with Crippen molar-refractivity contribution < 1.29 is 14.0 Å². The number of rotatable bonds is 5. The molecule has 25 heavy (non-hydrogen) atoms. The number of amides is 2. The molecule has 0 atom stereocenters. The molecule has 2 aromatic rings. The molecule has 0 saturated carbocycles. The number of carbonyl (C=O) groups excluding carboxylic acids is 2. The fourth-order valence-corrected chi connectivity index (χ4v) is 2.77. The number of benzene rings is 2. The van der Waals surface area contributed by atoms with Gasteiger partial charge in [0.2, 0.25) is 5.91 Å². The number of hydrogen-bond donors (Lipinski definition) is 2. The summed E-state index contributed by atoms with van der Waals surface area (Å²) in [4.78, 5) is 24.5. The van der Waals surface area contributed by atoms with Gasteiger partial charge in [0, 0.05) is 17.1 Å². The van der Waals surface area contributed by atoms with Crippen LogP contribution in [-0.4, -0.2) is 11.8 Å². The molecule has 2 rings (SSSR count). The van der Waals surface area contributed by atoms with Gasteiger partial charge in [-0.05, 0) is 43.2 Å². The minimum atomic E-state index is -0.551. The SMILES string of the molecule is CCCC(=O)Nc1c(Cl)cc(Cl)cc1C(=O)Nc1cc(F)ccc1C. The standard InChI is InChI=1S/C18H17Cl2FN2O2/c1-3-4-16(24)23-17-13(7-11(19)8-14(17)20)18(25)22-15-9-12(21)6-5-10(15)2/h5-9H,3-4H2,1-2H3,(H,22,25)(H,23,24). The fourth-order valence-electron chi connectivity index (χ4n) is 2.23. The molecule has 2 N–H and O–H groups in total. The molecule has 0 bridgehead atoms. The monoisotopic (exact) mass is 382 g/mol. The molecule has 0 unspecified atom stereocenters. The molecule has 0 fully saturated rings. The first kappa shape index (κ1) is 19.2. The quantitative estimate of drug-likeness (QED) is 0.723. The Morgan fingerprint density at radius 2 is 1.84 bits per heavy atom. The van der Waals surface area contributed by atoms with Gasteiger partial charge in [0.15, 0.2) is 0 Å². The summed E-state index contributed by atoms with van der Waals surface area (Å²) < 4.78 is 13.4. The third-order valence-electron chi connectivity index (χ3n) is 3.49. The van der Waals surface area contributed by atoms with Gasteiger partial charge in [0.1, 0.15) is 5.82 Å². The molecule has 2 aromatic carbocycles. The van der Waals surface area contributed by atoms with E-state index in [2.05, 4.69) is 10.6 Å². The second-order valence-electron chi connectivity index (χ2n) is 5.52. The molecule has 0 heterocycles. The molecule has 7 heteroatoms. The number of anilines is 2. The molecule has 0 aliphatic heterocycles. The molecule has 0 aromatic heterocycles. The summed E-state index contributed by atoms with van der Waals surface area (Å²) in [5.41, 5.74) is 1.30. The maximum absolute atomic E-state index is 13.4. The van der Waals surface area contributed by atoms with Crippen LogP contribution < -0.4 is 10.6 Å². The highest BCUT2D eigenvalue weighted by Gasteiger charge is 2.18. The Kier molecular flexibility index (Phi) is 6.39. The summed E-state index contributed by atoms with van der Waals surface area (Å²) in [6, 6.07) is 6.92. The highest BCUT2D eigenvalue weighted by Crippen LogP contribution is 2.31. The van der Waals surface area contributed by atoms with E-state index in [9.17, 15) is 14.0 Å². The van der Waals surface area contributed by atoms with Crippen molar-refractivity contribution in [3.63, 3.8) is 0 Å². The average molecular weight is 383 g/mol. The lowest BCUT2D eigenvalue weighted by Crippen LogP contribution is -2.19. The Morgan fingerprint density at radius 3 is 2.52 bits per heavy atom. The first-order valence-corrected chi connectivity index (χ1v) is 8.43. The van der Waals surface area contributed by atoms with Gasteiger partial charge >= 0.3 is 0 Å². The van der Waals surface area contributed by atoms with Crippen LogP contribution in [0.4, 0.5) is 15.8 Å². The topological polar surface area (TPSA) is 58.2 Å². The van der Waals surface area contributed by atoms with Gasteiger partial charge in [-0.1, -0.05) is 36.2 Å². The van der Waals surface area contributed by atoms with Gasteiger partial charge in [-0.3, -0.25) is 9.59 Å². The van der Waals surface area contributed by atoms with Crippen LogP contribution in [0.3, 0.4) is 0 Å². The van der Waals surface area contributed by atoms with Crippen molar-refractivity contribution in [1.82, 2.24) is 0 Å². The van der Waals surface area contributed by atoms with E-state index in [4.69, 9.17) is 23.2 Å². The predicted octanol–water partition coefficient (Wildman–Crippen LogP) is 5.43. The van der Waals surface area contributed by atoms with Crippen molar-refractivity contribution in [3.8, 4) is 0 Å². The third kappa shape index (κ3) is 4.94. The van der Waals surface area contributed by atoms with E-state index in [0.29, 0.717) is 24.1 Å². The fraction of sp³-hybridized carbons (Fsp3) is 0.222. The van der Waals surface area contributed by atoms with Crippen molar-refractivity contribution in [1.29, 1.82) is 0 Å². The maximum atomic E-state index is 13.4. The van der Waals surface area contributed by atoms with E-state index in [0.717, 1.165) is 0 Å². The molecule has 0 aliphatic rings. The van der Waals surface area contributed by atoms with E-state index < -0.39 is 11.7 Å². The summed E-state index contributed by atoms with van der Waals surface area (Å²) in [6.07, 6.45) is 0.948. The maximum Gasteiger partial charge on any atom is 0.257 e. The lowest BCUT2D eigenvalue weighted by Gasteiger charge is -2.14. The van der Waals surface area contributed by atoms with Crippen molar-refractivity contribution in [2.75, 3.05) is 10.6 Å². The molecular formula is C18H17Cl2FN2O2. The number of hydrogen-bond acceptors (Lipinski definition) is 2. The van der Waals surface area contributed by atoms with Crippen LogP contribution in [0.5, 0.6) is 0 Å². The number of carbonyl (C=O) groups is 2. The number of aryl methyl sites for hydroxylation is 1. The minimum Gasteiger partial charge on any atom is -0.324 e. The summed E-state index contributed by atoms with van der Waals surface area (Å²) in [5, 5.41) is 5.66. The van der Waals surface area contributed by atoms with E-state index in [1.807, 2.05) is 6.92 Å². The second-order valence-corrected chi connectivity index (χ2v) is 6.37. The molecule has 0 saturated heterocycles. The van der Waals surface area contributed by atoms with Gasteiger partial charge in [0.05, 0.1) is 16.3 Å². The zero-order valence-electron chi connectivity index (χ0n) is 13.8. The minimum absolute atomic E-state index is 0.102. The van der Waals surface area contributed by atoms with Crippen LogP contribution in [0.25, 0.3) is 0 Å². The summed E-state index contributed by atoms with van der Waals surface area (Å²) in [5.74, 6) is -1.28. The summed E-state index contributed by atoms with van der Waals surface area (Å²) in [6.45, 7) is 3.60. The van der Waals surface area contributed by atoms with Crippen molar-refractivity contribution in [2.24, 2.45) is 0 Å². The van der Waals surface area contributed by atoms with Gasteiger partial charge in [0.25, 0.3) is 5.91 Å². The Bertz CT molecular complexity index is 825. The Balaban J connectivity index is 2.37. The number of halogens is 3. The molecule has 2 amide bonds.